The number of carbonyl (C=O) groups excluding carboxylic acids is 1. The van der Waals surface area contributed by atoms with Crippen molar-refractivity contribution < 1.29 is 19.0 Å². The fourth-order valence-electron chi connectivity index (χ4n) is 4.74. The zero-order valence-electron chi connectivity index (χ0n) is 24.5. The topological polar surface area (TPSA) is 80.6 Å². The van der Waals surface area contributed by atoms with Crippen LogP contribution in [-0.2, 0) is 18.0 Å². The molecule has 0 unspecified atom stereocenters. The molecule has 0 spiro atoms. The van der Waals surface area contributed by atoms with Gasteiger partial charge in [0.05, 0.1) is 11.6 Å². The highest BCUT2D eigenvalue weighted by atomic mass is 35.5. The summed E-state index contributed by atoms with van der Waals surface area (Å²) in [5, 5.41) is 15.1. The molecule has 0 saturated carbocycles. The predicted octanol–water partition coefficient (Wildman–Crippen LogP) is 8.90. The third kappa shape index (κ3) is 7.38. The first-order valence-corrected chi connectivity index (χ1v) is 14.6. The van der Waals surface area contributed by atoms with E-state index in [0.717, 1.165) is 27.5 Å². The molecule has 44 heavy (non-hydrogen) atoms. The zero-order valence-corrected chi connectivity index (χ0v) is 25.2. The highest BCUT2D eigenvalue weighted by Gasteiger charge is 2.16. The summed E-state index contributed by atoms with van der Waals surface area (Å²) in [4.78, 5) is 13.0. The van der Waals surface area contributed by atoms with E-state index in [0.29, 0.717) is 53.3 Å². The normalized spacial score (nSPS) is 11.1. The van der Waals surface area contributed by atoms with Crippen LogP contribution >= 0.6 is 11.6 Å². The average Bonchev–Trinajstić information content (AvgIpc) is 3.04. The van der Waals surface area contributed by atoms with Crippen molar-refractivity contribution in [1.29, 1.82) is 5.26 Å². The van der Waals surface area contributed by atoms with Gasteiger partial charge in [-0.15, -0.1) is 0 Å². The maximum atomic E-state index is 13.0. The van der Waals surface area contributed by atoms with Gasteiger partial charge in [-0.25, -0.2) is 0 Å². The summed E-state index contributed by atoms with van der Waals surface area (Å²) >= 11 is 6.68. The van der Waals surface area contributed by atoms with Gasteiger partial charge in [0.15, 0.2) is 11.5 Å². The molecule has 5 rings (SSSR count). The molecule has 0 aromatic heterocycles. The molecule has 0 fully saturated rings. The van der Waals surface area contributed by atoms with E-state index in [4.69, 9.17) is 25.8 Å². The number of hydrogen-bond acceptors (Lipinski definition) is 5. The number of rotatable bonds is 11. The van der Waals surface area contributed by atoms with Gasteiger partial charge in [0.2, 0.25) is 0 Å². The lowest BCUT2D eigenvalue weighted by Crippen LogP contribution is -2.13. The quantitative estimate of drug-likeness (QED) is 0.121. The molecule has 0 bridgehead atoms. The number of hydrogen-bond donors (Lipinski definition) is 1. The lowest BCUT2D eigenvalue weighted by Gasteiger charge is -2.17. The number of halogens is 1. The Morgan fingerprint density at radius 2 is 1.64 bits per heavy atom. The van der Waals surface area contributed by atoms with Crippen molar-refractivity contribution in [2.24, 2.45) is 0 Å². The number of anilines is 1. The van der Waals surface area contributed by atoms with Crippen LogP contribution in [0.25, 0.3) is 16.8 Å². The van der Waals surface area contributed by atoms with Gasteiger partial charge in [-0.2, -0.15) is 5.26 Å². The number of ether oxygens (including phenoxy) is 3. The lowest BCUT2D eigenvalue weighted by atomic mass is 10.0. The van der Waals surface area contributed by atoms with Gasteiger partial charge in [0, 0.05) is 11.3 Å². The molecular weight excluding hydrogens is 572 g/mol. The third-order valence-electron chi connectivity index (χ3n) is 7.00. The molecule has 1 amide bonds. The molecule has 0 atom stereocenters. The smallest absolute Gasteiger partial charge is 0.266 e. The van der Waals surface area contributed by atoms with E-state index in [1.165, 1.54) is 6.08 Å². The minimum Gasteiger partial charge on any atom is -0.490 e. The Kier molecular flexibility index (Phi) is 9.81. The van der Waals surface area contributed by atoms with E-state index < -0.39 is 5.91 Å². The summed E-state index contributed by atoms with van der Waals surface area (Å²) < 4.78 is 17.9. The van der Waals surface area contributed by atoms with Crippen LogP contribution in [0.4, 0.5) is 5.69 Å². The SMILES string of the molecule is CCOc1cc(/C=C(\C#N)C(=O)Nc2ccc(OCc3ccccc3)cc2)cc(Cl)c1OCc1c(C)ccc2ccccc12. The Balaban J connectivity index is 1.30. The third-order valence-corrected chi connectivity index (χ3v) is 7.28. The number of nitriles is 1. The van der Waals surface area contributed by atoms with Crippen LogP contribution in [0.1, 0.15) is 29.2 Å². The minimum absolute atomic E-state index is 0.0898. The van der Waals surface area contributed by atoms with Gasteiger partial charge in [-0.3, -0.25) is 4.79 Å². The molecule has 1 N–H and O–H groups in total. The zero-order chi connectivity index (χ0) is 30.9. The van der Waals surface area contributed by atoms with Crippen LogP contribution in [0.3, 0.4) is 0 Å². The second kappa shape index (κ2) is 14.3. The van der Waals surface area contributed by atoms with Crippen LogP contribution in [-0.4, -0.2) is 12.5 Å². The summed E-state index contributed by atoms with van der Waals surface area (Å²) in [6, 6.07) is 34.5. The number of carbonyl (C=O) groups is 1. The van der Waals surface area contributed by atoms with Crippen LogP contribution in [0.5, 0.6) is 17.2 Å². The van der Waals surface area contributed by atoms with Crippen molar-refractivity contribution in [2.75, 3.05) is 11.9 Å². The first-order valence-electron chi connectivity index (χ1n) is 14.2. The van der Waals surface area contributed by atoms with Gasteiger partial charge in [0.25, 0.3) is 5.91 Å². The highest BCUT2D eigenvalue weighted by molar-refractivity contribution is 6.32. The number of benzene rings is 5. The molecule has 0 aliphatic rings. The molecule has 220 valence electrons. The van der Waals surface area contributed by atoms with E-state index in [1.807, 2.05) is 62.4 Å². The number of aryl methyl sites for hydroxylation is 1. The second-order valence-electron chi connectivity index (χ2n) is 10.1. The van der Waals surface area contributed by atoms with E-state index in [2.05, 4.69) is 29.6 Å². The van der Waals surface area contributed by atoms with Crippen molar-refractivity contribution in [1.82, 2.24) is 0 Å². The van der Waals surface area contributed by atoms with Gasteiger partial charge >= 0.3 is 0 Å². The molecule has 7 heteroatoms. The Morgan fingerprint density at radius 3 is 2.39 bits per heavy atom. The summed E-state index contributed by atoms with van der Waals surface area (Å²) in [6.07, 6.45) is 1.47. The minimum atomic E-state index is -0.550. The van der Waals surface area contributed by atoms with E-state index in [1.54, 1.807) is 36.4 Å². The summed E-state index contributed by atoms with van der Waals surface area (Å²) in [5.41, 5.74) is 4.20. The summed E-state index contributed by atoms with van der Waals surface area (Å²) in [7, 11) is 0. The largest absolute Gasteiger partial charge is 0.490 e. The molecular formula is C37H31ClN2O4. The van der Waals surface area contributed by atoms with Crippen LogP contribution in [0, 0.1) is 18.3 Å². The summed E-state index contributed by atoms with van der Waals surface area (Å²) in [6.45, 7) is 5.02. The number of nitrogens with one attached hydrogen (secondary N) is 1. The first-order chi connectivity index (χ1) is 21.4. The molecule has 6 nitrogen and oxygen atoms in total. The van der Waals surface area contributed by atoms with Gasteiger partial charge in [-0.05, 0) is 83.8 Å². The second-order valence-corrected chi connectivity index (χ2v) is 10.5. The number of amides is 1. The van der Waals surface area contributed by atoms with Crippen LogP contribution in [0.15, 0.2) is 109 Å². The lowest BCUT2D eigenvalue weighted by molar-refractivity contribution is -0.112. The number of fused-ring (bicyclic) bond motifs is 1. The first kappa shape index (κ1) is 30.2. The van der Waals surface area contributed by atoms with Crippen molar-refractivity contribution >= 4 is 40.0 Å². The monoisotopic (exact) mass is 602 g/mol. The van der Waals surface area contributed by atoms with E-state index >= 15 is 0 Å². The Bertz CT molecular complexity index is 1840. The predicted molar refractivity (Wildman–Crippen MR) is 175 cm³/mol. The fourth-order valence-corrected chi connectivity index (χ4v) is 5.02. The summed E-state index contributed by atoms with van der Waals surface area (Å²) in [5.74, 6) is 0.939. The Hall–Kier alpha value is -5.25. The number of nitrogens with zero attached hydrogens (tertiary/aromatic N) is 1. The fraction of sp³-hybridized carbons (Fsp3) is 0.135. The van der Waals surface area contributed by atoms with Crippen molar-refractivity contribution in [3.05, 3.63) is 136 Å². The van der Waals surface area contributed by atoms with Crippen LogP contribution < -0.4 is 19.5 Å². The maximum Gasteiger partial charge on any atom is 0.266 e. The molecule has 0 saturated heterocycles. The molecule has 0 heterocycles. The van der Waals surface area contributed by atoms with E-state index in [9.17, 15) is 10.1 Å². The average molecular weight is 603 g/mol. The van der Waals surface area contributed by atoms with Gasteiger partial charge < -0.3 is 19.5 Å². The highest BCUT2D eigenvalue weighted by Crippen LogP contribution is 2.38. The Labute approximate surface area is 262 Å². The van der Waals surface area contributed by atoms with Crippen molar-refractivity contribution in [2.45, 2.75) is 27.1 Å². The van der Waals surface area contributed by atoms with Crippen LogP contribution in [0.2, 0.25) is 5.02 Å². The Morgan fingerprint density at radius 1 is 0.886 bits per heavy atom. The molecule has 0 aliphatic heterocycles. The molecule has 5 aromatic carbocycles. The molecule has 0 radical (unpaired) electrons. The van der Waals surface area contributed by atoms with Gasteiger partial charge in [0.1, 0.15) is 30.6 Å². The van der Waals surface area contributed by atoms with Gasteiger partial charge in [-0.1, -0.05) is 78.3 Å². The standard InChI is InChI=1S/C37H31ClN2O4/c1-3-42-35-21-27(20-34(38)36(35)44-24-33-25(2)13-14-28-11-7-8-12-32(28)33)19-29(22-39)37(41)40-30-15-17-31(18-16-30)43-23-26-9-5-4-6-10-26/h4-21H,3,23-24H2,1-2H3,(H,40,41)/b29-19+. The maximum absolute atomic E-state index is 13.0. The molecule has 5 aromatic rings. The van der Waals surface area contributed by atoms with Crippen molar-refractivity contribution in [3.63, 3.8) is 0 Å². The molecule has 0 aliphatic carbocycles. The van der Waals surface area contributed by atoms with E-state index in [-0.39, 0.29) is 5.57 Å². The van der Waals surface area contributed by atoms with Crippen molar-refractivity contribution in [3.8, 4) is 23.3 Å².